The monoisotopic (exact) mass is 418 g/mol. The van der Waals surface area contributed by atoms with Crippen LogP contribution in [-0.2, 0) is 22.7 Å². The Morgan fingerprint density at radius 3 is 2.52 bits per heavy atom. The second kappa shape index (κ2) is 12.5. The van der Waals surface area contributed by atoms with Crippen molar-refractivity contribution in [2.75, 3.05) is 25.5 Å². The number of nitrogens with one attached hydrogen (secondary N) is 2. The standard InChI is InChI=1S/C23H30N2O3.ClH/c1-27-22-8-5-19(6-9-22)16-28-17-20-3-2-4-21(15-20)25-23(26)10-7-18-11-13-24-14-12-18;/h2-6,8-9,15,18,24H,7,10-14,16-17H2,1H3,(H,25,26);1H. The number of piperidine rings is 1. The van der Waals surface area contributed by atoms with Crippen LogP contribution in [0.1, 0.15) is 36.8 Å². The number of hydrogen-bond donors (Lipinski definition) is 2. The molecule has 0 atom stereocenters. The van der Waals surface area contributed by atoms with Gasteiger partial charge in [-0.2, -0.15) is 0 Å². The minimum atomic E-state index is 0. The van der Waals surface area contributed by atoms with Gasteiger partial charge in [-0.05, 0) is 73.7 Å². The molecule has 0 bridgehead atoms. The van der Waals surface area contributed by atoms with E-state index in [1.54, 1.807) is 7.11 Å². The molecule has 1 amide bonds. The summed E-state index contributed by atoms with van der Waals surface area (Å²) in [5.74, 6) is 1.60. The van der Waals surface area contributed by atoms with Crippen LogP contribution in [0, 0.1) is 5.92 Å². The summed E-state index contributed by atoms with van der Waals surface area (Å²) < 4.78 is 11.0. The van der Waals surface area contributed by atoms with E-state index in [4.69, 9.17) is 9.47 Å². The lowest BCUT2D eigenvalue weighted by Crippen LogP contribution is -2.28. The zero-order valence-electron chi connectivity index (χ0n) is 17.0. The maximum atomic E-state index is 12.2. The van der Waals surface area contributed by atoms with Gasteiger partial charge in [0, 0.05) is 12.1 Å². The number of benzene rings is 2. The van der Waals surface area contributed by atoms with Crippen LogP contribution in [0.3, 0.4) is 0 Å². The van der Waals surface area contributed by atoms with E-state index in [-0.39, 0.29) is 18.3 Å². The Hall–Kier alpha value is -2.08. The Labute approximate surface area is 179 Å². The summed E-state index contributed by atoms with van der Waals surface area (Å²) >= 11 is 0. The Morgan fingerprint density at radius 2 is 1.79 bits per heavy atom. The summed E-state index contributed by atoms with van der Waals surface area (Å²) in [5, 5.41) is 6.38. The molecule has 2 aromatic rings. The first-order valence-electron chi connectivity index (χ1n) is 10.0. The predicted octanol–water partition coefficient (Wildman–Crippen LogP) is 4.55. The van der Waals surface area contributed by atoms with E-state index in [1.165, 1.54) is 12.8 Å². The topological polar surface area (TPSA) is 59.6 Å². The van der Waals surface area contributed by atoms with Gasteiger partial charge in [0.15, 0.2) is 0 Å². The lowest BCUT2D eigenvalue weighted by Gasteiger charge is -2.22. The van der Waals surface area contributed by atoms with E-state index in [1.807, 2.05) is 48.5 Å². The molecular formula is C23H31ClN2O3. The molecule has 0 aliphatic carbocycles. The predicted molar refractivity (Wildman–Crippen MR) is 119 cm³/mol. The van der Waals surface area contributed by atoms with Gasteiger partial charge in [-0.1, -0.05) is 24.3 Å². The highest BCUT2D eigenvalue weighted by molar-refractivity contribution is 5.90. The highest BCUT2D eigenvalue weighted by Crippen LogP contribution is 2.19. The number of carbonyl (C=O) groups excluding carboxylic acids is 1. The molecule has 158 valence electrons. The average Bonchev–Trinajstić information content (AvgIpc) is 2.74. The molecule has 1 aliphatic rings. The molecule has 0 aromatic heterocycles. The third-order valence-corrected chi connectivity index (χ3v) is 5.15. The van der Waals surface area contributed by atoms with Crippen LogP contribution in [0.2, 0.25) is 0 Å². The molecule has 0 unspecified atom stereocenters. The molecule has 1 saturated heterocycles. The van der Waals surface area contributed by atoms with Crippen molar-refractivity contribution in [3.05, 3.63) is 59.7 Å². The first-order valence-corrected chi connectivity index (χ1v) is 10.0. The highest BCUT2D eigenvalue weighted by Gasteiger charge is 2.14. The van der Waals surface area contributed by atoms with Gasteiger partial charge in [-0.25, -0.2) is 0 Å². The number of ether oxygens (including phenoxy) is 2. The quantitative estimate of drug-likeness (QED) is 0.627. The van der Waals surface area contributed by atoms with Gasteiger partial charge in [-0.3, -0.25) is 4.79 Å². The number of halogens is 1. The van der Waals surface area contributed by atoms with Crippen LogP contribution in [0.15, 0.2) is 48.5 Å². The molecule has 0 saturated carbocycles. The molecule has 2 N–H and O–H groups in total. The van der Waals surface area contributed by atoms with Crippen molar-refractivity contribution >= 4 is 24.0 Å². The van der Waals surface area contributed by atoms with Gasteiger partial charge < -0.3 is 20.1 Å². The van der Waals surface area contributed by atoms with Crippen LogP contribution in [0.25, 0.3) is 0 Å². The number of methoxy groups -OCH3 is 1. The largest absolute Gasteiger partial charge is 0.497 e. The second-order valence-corrected chi connectivity index (χ2v) is 7.32. The molecule has 29 heavy (non-hydrogen) atoms. The summed E-state index contributed by atoms with van der Waals surface area (Å²) in [6.07, 6.45) is 3.91. The molecule has 0 spiro atoms. The number of rotatable bonds is 9. The molecule has 2 aromatic carbocycles. The number of amides is 1. The molecule has 1 heterocycles. The maximum absolute atomic E-state index is 12.2. The summed E-state index contributed by atoms with van der Waals surface area (Å²) in [5.41, 5.74) is 2.98. The van der Waals surface area contributed by atoms with Crippen LogP contribution in [0.4, 0.5) is 5.69 Å². The van der Waals surface area contributed by atoms with Crippen molar-refractivity contribution < 1.29 is 14.3 Å². The summed E-state index contributed by atoms with van der Waals surface area (Å²) in [6.45, 7) is 3.19. The zero-order valence-corrected chi connectivity index (χ0v) is 17.8. The molecule has 1 aliphatic heterocycles. The maximum Gasteiger partial charge on any atom is 0.224 e. The van der Waals surface area contributed by atoms with Crippen LogP contribution in [0.5, 0.6) is 5.75 Å². The van der Waals surface area contributed by atoms with Gasteiger partial charge >= 0.3 is 0 Å². The van der Waals surface area contributed by atoms with Crippen molar-refractivity contribution in [1.29, 1.82) is 0 Å². The molecule has 6 heteroatoms. The van der Waals surface area contributed by atoms with Crippen molar-refractivity contribution in [3.8, 4) is 5.75 Å². The molecular weight excluding hydrogens is 388 g/mol. The van der Waals surface area contributed by atoms with Crippen molar-refractivity contribution in [2.45, 2.75) is 38.9 Å². The minimum absolute atomic E-state index is 0. The van der Waals surface area contributed by atoms with Crippen molar-refractivity contribution in [2.24, 2.45) is 5.92 Å². The normalized spacial score (nSPS) is 14.1. The Morgan fingerprint density at radius 1 is 1.07 bits per heavy atom. The van der Waals surface area contributed by atoms with E-state index in [2.05, 4.69) is 10.6 Å². The van der Waals surface area contributed by atoms with E-state index < -0.39 is 0 Å². The first kappa shape index (κ1) is 23.2. The summed E-state index contributed by atoms with van der Waals surface area (Å²) in [6, 6.07) is 15.7. The van der Waals surface area contributed by atoms with E-state index in [0.29, 0.717) is 25.6 Å². The van der Waals surface area contributed by atoms with Crippen LogP contribution in [-0.4, -0.2) is 26.1 Å². The Kier molecular flexibility index (Phi) is 9.98. The fourth-order valence-electron chi connectivity index (χ4n) is 3.48. The number of carbonyl (C=O) groups is 1. The summed E-state index contributed by atoms with van der Waals surface area (Å²) in [4.78, 5) is 12.2. The smallest absolute Gasteiger partial charge is 0.224 e. The fraction of sp³-hybridized carbons (Fsp3) is 0.435. The lowest BCUT2D eigenvalue weighted by molar-refractivity contribution is -0.116. The second-order valence-electron chi connectivity index (χ2n) is 7.32. The third kappa shape index (κ3) is 8.05. The minimum Gasteiger partial charge on any atom is -0.497 e. The molecule has 1 fully saturated rings. The Balaban J connectivity index is 0.00000300. The summed E-state index contributed by atoms with van der Waals surface area (Å²) in [7, 11) is 1.66. The molecule has 5 nitrogen and oxygen atoms in total. The van der Waals surface area contributed by atoms with Crippen LogP contribution < -0.4 is 15.4 Å². The van der Waals surface area contributed by atoms with E-state index in [0.717, 1.165) is 42.1 Å². The van der Waals surface area contributed by atoms with Gasteiger partial charge in [0.1, 0.15) is 5.75 Å². The first-order chi connectivity index (χ1) is 13.7. The molecule has 3 rings (SSSR count). The third-order valence-electron chi connectivity index (χ3n) is 5.15. The van der Waals surface area contributed by atoms with Crippen LogP contribution >= 0.6 is 12.4 Å². The number of hydrogen-bond acceptors (Lipinski definition) is 4. The van der Waals surface area contributed by atoms with E-state index in [9.17, 15) is 4.79 Å². The highest BCUT2D eigenvalue weighted by atomic mass is 35.5. The van der Waals surface area contributed by atoms with Gasteiger partial charge in [0.25, 0.3) is 0 Å². The van der Waals surface area contributed by atoms with Crippen molar-refractivity contribution in [1.82, 2.24) is 5.32 Å². The Bertz CT molecular complexity index is 746. The lowest BCUT2D eigenvalue weighted by atomic mass is 9.93. The van der Waals surface area contributed by atoms with E-state index >= 15 is 0 Å². The van der Waals surface area contributed by atoms with Gasteiger partial charge in [0.2, 0.25) is 5.91 Å². The molecule has 0 radical (unpaired) electrons. The van der Waals surface area contributed by atoms with Gasteiger partial charge in [-0.15, -0.1) is 12.4 Å². The number of anilines is 1. The van der Waals surface area contributed by atoms with Gasteiger partial charge in [0.05, 0.1) is 20.3 Å². The zero-order chi connectivity index (χ0) is 19.6. The van der Waals surface area contributed by atoms with Crippen molar-refractivity contribution in [3.63, 3.8) is 0 Å². The SMILES string of the molecule is COc1ccc(COCc2cccc(NC(=O)CCC3CCNCC3)c2)cc1.Cl. The fourth-order valence-corrected chi connectivity index (χ4v) is 3.48. The average molecular weight is 419 g/mol.